The Labute approximate surface area is 135 Å². The van der Waals surface area contributed by atoms with Crippen LogP contribution in [0.1, 0.15) is 16.8 Å². The molecule has 2 rings (SSSR count). The molecule has 6 nitrogen and oxygen atoms in total. The summed E-state index contributed by atoms with van der Waals surface area (Å²) in [6.45, 7) is 2.41. The third kappa shape index (κ3) is 4.10. The minimum atomic E-state index is -0.113. The summed E-state index contributed by atoms with van der Waals surface area (Å²) in [5.41, 5.74) is 2.29. The molecule has 0 aliphatic heterocycles. The van der Waals surface area contributed by atoms with E-state index in [0.29, 0.717) is 30.2 Å². The normalized spacial score (nSPS) is 10.6. The van der Waals surface area contributed by atoms with E-state index in [1.807, 2.05) is 24.3 Å². The maximum Gasteiger partial charge on any atom is 0.258 e. The Morgan fingerprint density at radius 1 is 1.26 bits per heavy atom. The van der Waals surface area contributed by atoms with Gasteiger partial charge in [0.15, 0.2) is 0 Å². The van der Waals surface area contributed by atoms with Gasteiger partial charge in [-0.3, -0.25) is 9.36 Å². The molecule has 0 bridgehead atoms. The van der Waals surface area contributed by atoms with Crippen LogP contribution in [0.2, 0.25) is 0 Å². The van der Waals surface area contributed by atoms with Crippen LogP contribution < -0.4 is 15.6 Å². The molecule has 0 fully saturated rings. The van der Waals surface area contributed by atoms with Gasteiger partial charge in [-0.05, 0) is 31.0 Å². The molecule has 1 aromatic carbocycles. The molecule has 0 saturated carbocycles. The van der Waals surface area contributed by atoms with Crippen LogP contribution in [0.5, 0.6) is 5.75 Å². The van der Waals surface area contributed by atoms with Gasteiger partial charge in [0.1, 0.15) is 5.75 Å². The fraction of sp³-hybridized carbons (Fsp3) is 0.412. The second-order valence-electron chi connectivity index (χ2n) is 5.36. The summed E-state index contributed by atoms with van der Waals surface area (Å²) in [5.74, 6) is 1.38. The lowest BCUT2D eigenvalue weighted by molar-refractivity contribution is 0.298. The Hall–Kier alpha value is -2.34. The van der Waals surface area contributed by atoms with Crippen molar-refractivity contribution in [2.75, 3.05) is 25.6 Å². The molecule has 0 aliphatic rings. The van der Waals surface area contributed by atoms with Crippen molar-refractivity contribution in [2.24, 2.45) is 7.05 Å². The van der Waals surface area contributed by atoms with Crippen LogP contribution in [0.3, 0.4) is 0 Å². The molecule has 23 heavy (non-hydrogen) atoms. The summed E-state index contributed by atoms with van der Waals surface area (Å²) in [6, 6.07) is 7.89. The maximum atomic E-state index is 12.3. The third-order valence-corrected chi connectivity index (χ3v) is 3.81. The van der Waals surface area contributed by atoms with Crippen LogP contribution in [-0.4, -0.2) is 34.9 Å². The first-order chi connectivity index (χ1) is 11.1. The molecule has 2 N–H and O–H groups in total. The molecule has 0 unspecified atom stereocenters. The Kier molecular flexibility index (Phi) is 5.76. The summed E-state index contributed by atoms with van der Waals surface area (Å²) in [4.78, 5) is 16.7. The van der Waals surface area contributed by atoms with Crippen molar-refractivity contribution in [1.82, 2.24) is 9.55 Å². The number of benzene rings is 1. The van der Waals surface area contributed by atoms with Gasteiger partial charge in [0.05, 0.1) is 12.8 Å². The molecule has 124 valence electrons. The number of rotatable bonds is 7. The second kappa shape index (κ2) is 7.78. The SMILES string of the molecule is COc1ccc(CCNc2nc(C)c(CCO)c(=O)n2C)cc1. The number of aryl methyl sites for hydroxylation is 1. The van der Waals surface area contributed by atoms with Crippen LogP contribution in [-0.2, 0) is 19.9 Å². The van der Waals surface area contributed by atoms with Crippen LogP contribution in [0.25, 0.3) is 0 Å². The fourth-order valence-corrected chi connectivity index (χ4v) is 2.42. The number of hydrogen-bond donors (Lipinski definition) is 2. The third-order valence-electron chi connectivity index (χ3n) is 3.81. The molecule has 0 spiro atoms. The molecule has 0 saturated heterocycles. The zero-order chi connectivity index (χ0) is 16.8. The van der Waals surface area contributed by atoms with E-state index in [9.17, 15) is 4.79 Å². The summed E-state index contributed by atoms with van der Waals surface area (Å²) in [7, 11) is 3.33. The van der Waals surface area contributed by atoms with E-state index in [1.165, 1.54) is 10.1 Å². The molecule has 0 aliphatic carbocycles. The first-order valence-corrected chi connectivity index (χ1v) is 7.61. The number of hydrogen-bond acceptors (Lipinski definition) is 5. The molecule has 0 atom stereocenters. The molecule has 6 heteroatoms. The largest absolute Gasteiger partial charge is 0.497 e. The minimum Gasteiger partial charge on any atom is -0.497 e. The minimum absolute atomic E-state index is 0.0536. The van der Waals surface area contributed by atoms with Crippen LogP contribution in [0.15, 0.2) is 29.1 Å². The second-order valence-corrected chi connectivity index (χ2v) is 5.36. The predicted octanol–water partition coefficient (Wildman–Crippen LogP) is 1.29. The molecule has 2 aromatic rings. The maximum absolute atomic E-state index is 12.3. The summed E-state index contributed by atoms with van der Waals surface area (Å²) in [6.07, 6.45) is 1.15. The van der Waals surface area contributed by atoms with E-state index in [4.69, 9.17) is 9.84 Å². The zero-order valence-corrected chi connectivity index (χ0v) is 13.8. The molecule has 0 amide bonds. The van der Waals surface area contributed by atoms with Crippen molar-refractivity contribution in [3.63, 3.8) is 0 Å². The first-order valence-electron chi connectivity index (χ1n) is 7.61. The van der Waals surface area contributed by atoms with Gasteiger partial charge >= 0.3 is 0 Å². The molecular weight excluding hydrogens is 294 g/mol. The highest BCUT2D eigenvalue weighted by atomic mass is 16.5. The summed E-state index contributed by atoms with van der Waals surface area (Å²) in [5, 5.41) is 12.2. The predicted molar refractivity (Wildman–Crippen MR) is 90.2 cm³/mol. The topological polar surface area (TPSA) is 76.4 Å². The van der Waals surface area contributed by atoms with E-state index >= 15 is 0 Å². The van der Waals surface area contributed by atoms with Gasteiger partial charge in [0.2, 0.25) is 5.95 Å². The number of nitrogens with one attached hydrogen (secondary N) is 1. The standard InChI is InChI=1S/C17H23N3O3/c1-12-15(9-11-21)16(22)20(2)17(19-12)18-10-8-13-4-6-14(23-3)7-5-13/h4-7,21H,8-11H2,1-3H3,(H,18,19). The van der Waals surface area contributed by atoms with Gasteiger partial charge in [0.25, 0.3) is 5.56 Å². The Balaban J connectivity index is 2.04. The quantitative estimate of drug-likeness (QED) is 0.805. The molecular formula is C17H23N3O3. The lowest BCUT2D eigenvalue weighted by Crippen LogP contribution is -2.28. The molecule has 0 radical (unpaired) electrons. The summed E-state index contributed by atoms with van der Waals surface area (Å²) < 4.78 is 6.63. The first kappa shape index (κ1) is 17.0. The highest BCUT2D eigenvalue weighted by molar-refractivity contribution is 5.32. The van der Waals surface area contributed by atoms with Gasteiger partial charge in [-0.15, -0.1) is 0 Å². The van der Waals surface area contributed by atoms with E-state index in [1.54, 1.807) is 21.1 Å². The number of anilines is 1. The van der Waals surface area contributed by atoms with Gasteiger partial charge < -0.3 is 15.2 Å². The van der Waals surface area contributed by atoms with Crippen molar-refractivity contribution in [1.29, 1.82) is 0 Å². The Bertz CT molecular complexity index is 708. The van der Waals surface area contributed by atoms with Gasteiger partial charge in [-0.1, -0.05) is 12.1 Å². The monoisotopic (exact) mass is 317 g/mol. The number of ether oxygens (including phenoxy) is 1. The van der Waals surface area contributed by atoms with Crippen LogP contribution >= 0.6 is 0 Å². The van der Waals surface area contributed by atoms with Crippen LogP contribution in [0, 0.1) is 6.92 Å². The summed E-state index contributed by atoms with van der Waals surface area (Å²) >= 11 is 0. The number of aliphatic hydroxyl groups excluding tert-OH is 1. The van der Waals surface area contributed by atoms with Crippen molar-refractivity contribution >= 4 is 5.95 Å². The average molecular weight is 317 g/mol. The number of aliphatic hydroxyl groups is 1. The fourth-order valence-electron chi connectivity index (χ4n) is 2.42. The van der Waals surface area contributed by atoms with E-state index < -0.39 is 0 Å². The van der Waals surface area contributed by atoms with Crippen LogP contribution in [0.4, 0.5) is 5.95 Å². The van der Waals surface area contributed by atoms with Crippen molar-refractivity contribution in [3.05, 3.63) is 51.4 Å². The van der Waals surface area contributed by atoms with Gasteiger partial charge in [0, 0.05) is 32.2 Å². The van der Waals surface area contributed by atoms with Gasteiger partial charge in [-0.25, -0.2) is 4.98 Å². The van der Waals surface area contributed by atoms with Crippen molar-refractivity contribution in [3.8, 4) is 5.75 Å². The number of aromatic nitrogens is 2. The van der Waals surface area contributed by atoms with E-state index in [0.717, 1.165) is 12.2 Å². The smallest absolute Gasteiger partial charge is 0.258 e. The highest BCUT2D eigenvalue weighted by Gasteiger charge is 2.11. The van der Waals surface area contributed by atoms with E-state index in [-0.39, 0.29) is 12.2 Å². The Morgan fingerprint density at radius 3 is 2.57 bits per heavy atom. The molecule has 1 aromatic heterocycles. The average Bonchev–Trinajstić information content (AvgIpc) is 2.56. The van der Waals surface area contributed by atoms with Crippen molar-refractivity contribution in [2.45, 2.75) is 19.8 Å². The number of nitrogens with zero attached hydrogens (tertiary/aromatic N) is 2. The Morgan fingerprint density at radius 2 is 1.96 bits per heavy atom. The molecule has 1 heterocycles. The van der Waals surface area contributed by atoms with Crippen molar-refractivity contribution < 1.29 is 9.84 Å². The van der Waals surface area contributed by atoms with E-state index in [2.05, 4.69) is 10.3 Å². The number of methoxy groups -OCH3 is 1. The lowest BCUT2D eigenvalue weighted by Gasteiger charge is -2.13. The van der Waals surface area contributed by atoms with Gasteiger partial charge in [-0.2, -0.15) is 0 Å². The highest BCUT2D eigenvalue weighted by Crippen LogP contribution is 2.12. The lowest BCUT2D eigenvalue weighted by atomic mass is 10.1. The zero-order valence-electron chi connectivity index (χ0n) is 13.8.